The summed E-state index contributed by atoms with van der Waals surface area (Å²) in [6.45, 7) is 0. The zero-order chi connectivity index (χ0) is 24.0. The van der Waals surface area contributed by atoms with Crippen molar-refractivity contribution in [3.05, 3.63) is 162 Å². The number of ketones is 2. The fraction of sp³-hybridized carbons (Fsp3) is 0. The Kier molecular flexibility index (Phi) is 6.69. The van der Waals surface area contributed by atoms with Gasteiger partial charge in [-0.15, -0.1) is 0 Å². The maximum atomic E-state index is 13.6. The van der Waals surface area contributed by atoms with Crippen LogP contribution in [0, 0.1) is 0 Å². The summed E-state index contributed by atoms with van der Waals surface area (Å²) in [5.74, 6) is -0.0528. The van der Waals surface area contributed by atoms with E-state index in [1.54, 1.807) is 0 Å². The summed E-state index contributed by atoms with van der Waals surface area (Å²) in [7, 11) is -0.668. The van der Waals surface area contributed by atoms with E-state index in [4.69, 9.17) is 0 Å². The van der Waals surface area contributed by atoms with Gasteiger partial charge in [0.05, 0.1) is 11.1 Å². The van der Waals surface area contributed by atoms with Gasteiger partial charge in [-0.3, -0.25) is 9.59 Å². The van der Waals surface area contributed by atoms with Crippen LogP contribution in [0.3, 0.4) is 0 Å². The van der Waals surface area contributed by atoms with E-state index in [1.807, 2.05) is 127 Å². The quantitative estimate of drug-likeness (QED) is 0.185. The molecule has 35 heavy (non-hydrogen) atoms. The largest absolute Gasteiger partial charge is 0.288 e. The molecule has 0 saturated carbocycles. The van der Waals surface area contributed by atoms with Gasteiger partial charge in [-0.05, 0) is 36.4 Å². The first-order valence-corrected chi connectivity index (χ1v) is 12.6. The molecule has 0 radical (unpaired) electrons. The molecule has 0 aliphatic carbocycles. The molecule has 5 aromatic rings. The molecule has 2 nitrogen and oxygen atoms in total. The summed E-state index contributed by atoms with van der Waals surface area (Å²) >= 11 is 0. The van der Waals surface area contributed by atoms with Gasteiger partial charge in [-0.2, -0.15) is 0 Å². The SMILES string of the molecule is O=C(c1ccccc1)c1ccccc1[S+](c1ccccc1)c1ccccc1C(=O)c1ccccc1. The standard InChI is InChI=1S/C32H23O2S/c33-31(24-14-4-1-5-15-24)27-20-10-12-22-29(27)35(26-18-8-3-9-19-26)30-23-13-11-21-28(30)32(34)25-16-6-2-7-17-25/h1-23H/q+1. The van der Waals surface area contributed by atoms with Crippen LogP contribution in [-0.2, 0) is 10.9 Å². The molecule has 0 unspecified atom stereocenters. The van der Waals surface area contributed by atoms with Crippen molar-refractivity contribution in [2.24, 2.45) is 0 Å². The number of carbonyl (C=O) groups is 2. The van der Waals surface area contributed by atoms with Crippen molar-refractivity contribution in [1.82, 2.24) is 0 Å². The molecule has 0 bridgehead atoms. The minimum atomic E-state index is -0.668. The Morgan fingerprint density at radius 2 is 0.743 bits per heavy atom. The Hall–Kier alpha value is -4.21. The molecule has 0 spiro atoms. The number of hydrogen-bond acceptors (Lipinski definition) is 2. The lowest BCUT2D eigenvalue weighted by Crippen LogP contribution is -2.15. The smallest absolute Gasteiger partial charge is 0.198 e. The van der Waals surface area contributed by atoms with Crippen molar-refractivity contribution < 1.29 is 9.59 Å². The van der Waals surface area contributed by atoms with Crippen LogP contribution in [0.25, 0.3) is 0 Å². The van der Waals surface area contributed by atoms with E-state index in [2.05, 4.69) is 12.1 Å². The molecule has 5 rings (SSSR count). The van der Waals surface area contributed by atoms with Crippen LogP contribution in [0.15, 0.2) is 154 Å². The maximum absolute atomic E-state index is 13.6. The number of rotatable bonds is 7. The second kappa shape index (κ2) is 10.4. The normalized spacial score (nSPS) is 10.8. The van der Waals surface area contributed by atoms with Gasteiger partial charge in [0.15, 0.2) is 26.3 Å². The van der Waals surface area contributed by atoms with Crippen LogP contribution >= 0.6 is 0 Å². The molecule has 168 valence electrons. The third-order valence-electron chi connectivity index (χ3n) is 5.75. The number of benzene rings is 5. The van der Waals surface area contributed by atoms with Gasteiger partial charge in [0, 0.05) is 11.1 Å². The number of carbonyl (C=O) groups excluding carboxylic acids is 2. The predicted molar refractivity (Wildman–Crippen MR) is 141 cm³/mol. The van der Waals surface area contributed by atoms with E-state index in [9.17, 15) is 9.59 Å². The Labute approximate surface area is 208 Å². The van der Waals surface area contributed by atoms with Gasteiger partial charge in [-0.1, -0.05) is 103 Å². The topological polar surface area (TPSA) is 34.1 Å². The monoisotopic (exact) mass is 471 g/mol. The highest BCUT2D eigenvalue weighted by Crippen LogP contribution is 2.36. The van der Waals surface area contributed by atoms with Crippen molar-refractivity contribution in [3.63, 3.8) is 0 Å². The Balaban J connectivity index is 1.71. The van der Waals surface area contributed by atoms with Crippen LogP contribution in [0.5, 0.6) is 0 Å². The lowest BCUT2D eigenvalue weighted by Gasteiger charge is -2.14. The van der Waals surface area contributed by atoms with Gasteiger partial charge in [-0.25, -0.2) is 0 Å². The van der Waals surface area contributed by atoms with E-state index < -0.39 is 10.9 Å². The van der Waals surface area contributed by atoms with Gasteiger partial charge < -0.3 is 0 Å². The van der Waals surface area contributed by atoms with Gasteiger partial charge in [0.1, 0.15) is 10.9 Å². The summed E-state index contributed by atoms with van der Waals surface area (Å²) in [5.41, 5.74) is 2.58. The highest BCUT2D eigenvalue weighted by atomic mass is 32.2. The summed E-state index contributed by atoms with van der Waals surface area (Å²) in [5, 5.41) is 0. The van der Waals surface area contributed by atoms with Crippen LogP contribution in [0.1, 0.15) is 31.8 Å². The summed E-state index contributed by atoms with van der Waals surface area (Å²) in [4.78, 5) is 30.1. The summed E-state index contributed by atoms with van der Waals surface area (Å²) in [6.07, 6.45) is 0. The molecule has 0 fully saturated rings. The second-order valence-corrected chi connectivity index (χ2v) is 9.97. The van der Waals surface area contributed by atoms with E-state index >= 15 is 0 Å². The Morgan fingerprint density at radius 1 is 0.400 bits per heavy atom. The van der Waals surface area contributed by atoms with E-state index in [1.165, 1.54) is 0 Å². The first kappa shape index (κ1) is 22.6. The van der Waals surface area contributed by atoms with Crippen LogP contribution in [0.4, 0.5) is 0 Å². The molecule has 0 aromatic heterocycles. The zero-order valence-electron chi connectivity index (χ0n) is 19.0. The molecule has 0 aliphatic rings. The van der Waals surface area contributed by atoms with Crippen molar-refractivity contribution in [1.29, 1.82) is 0 Å². The molecule has 3 heteroatoms. The molecule has 0 N–H and O–H groups in total. The fourth-order valence-corrected chi connectivity index (χ4v) is 6.45. The van der Waals surface area contributed by atoms with Gasteiger partial charge in [0.2, 0.25) is 0 Å². The van der Waals surface area contributed by atoms with Crippen molar-refractivity contribution >= 4 is 22.5 Å². The minimum Gasteiger partial charge on any atom is -0.288 e. The zero-order valence-corrected chi connectivity index (χ0v) is 19.8. The Bertz CT molecular complexity index is 1370. The fourth-order valence-electron chi connectivity index (χ4n) is 4.08. The molecule has 5 aromatic carbocycles. The first-order valence-electron chi connectivity index (χ1n) is 11.4. The average Bonchev–Trinajstić information content (AvgIpc) is 2.94. The third kappa shape index (κ3) is 4.72. The van der Waals surface area contributed by atoms with Crippen molar-refractivity contribution in [2.45, 2.75) is 14.7 Å². The van der Waals surface area contributed by atoms with Crippen LogP contribution < -0.4 is 0 Å². The van der Waals surface area contributed by atoms with E-state index in [0.29, 0.717) is 22.3 Å². The van der Waals surface area contributed by atoms with Crippen LogP contribution in [0.2, 0.25) is 0 Å². The van der Waals surface area contributed by atoms with Gasteiger partial charge in [0.25, 0.3) is 0 Å². The highest BCUT2D eigenvalue weighted by molar-refractivity contribution is 7.97. The minimum absolute atomic E-state index is 0.0264. The van der Waals surface area contributed by atoms with Crippen molar-refractivity contribution in [2.75, 3.05) is 0 Å². The number of hydrogen-bond donors (Lipinski definition) is 0. The van der Waals surface area contributed by atoms with E-state index in [-0.39, 0.29) is 11.6 Å². The average molecular weight is 472 g/mol. The molecular weight excluding hydrogens is 448 g/mol. The highest BCUT2D eigenvalue weighted by Gasteiger charge is 2.36. The summed E-state index contributed by atoms with van der Waals surface area (Å²) in [6, 6.07) is 44.3. The third-order valence-corrected chi connectivity index (χ3v) is 8.09. The second-order valence-electron chi connectivity index (χ2n) is 8.00. The first-order chi connectivity index (χ1) is 17.2. The molecule has 0 heterocycles. The maximum Gasteiger partial charge on any atom is 0.198 e. The van der Waals surface area contributed by atoms with Crippen molar-refractivity contribution in [3.8, 4) is 0 Å². The lowest BCUT2D eigenvalue weighted by atomic mass is 10.0. The molecule has 0 saturated heterocycles. The van der Waals surface area contributed by atoms with Gasteiger partial charge >= 0.3 is 0 Å². The predicted octanol–water partition coefficient (Wildman–Crippen LogP) is 7.24. The summed E-state index contributed by atoms with van der Waals surface area (Å²) < 4.78 is 0. The lowest BCUT2D eigenvalue weighted by molar-refractivity contribution is 0.102. The molecule has 0 aliphatic heterocycles. The Morgan fingerprint density at radius 3 is 1.17 bits per heavy atom. The molecular formula is C32H23O2S+. The van der Waals surface area contributed by atoms with Crippen LogP contribution in [-0.4, -0.2) is 11.6 Å². The molecule has 0 atom stereocenters. The van der Waals surface area contributed by atoms with E-state index in [0.717, 1.165) is 14.7 Å². The molecule has 0 amide bonds.